The van der Waals surface area contributed by atoms with E-state index >= 15 is 0 Å². The molecule has 6 heteroatoms. The zero-order chi connectivity index (χ0) is 18.4. The van der Waals surface area contributed by atoms with Crippen LogP contribution in [0.1, 0.15) is 35.7 Å². The number of rotatable bonds is 8. The van der Waals surface area contributed by atoms with Gasteiger partial charge >= 0.3 is 0 Å². The van der Waals surface area contributed by atoms with Crippen LogP contribution in [0.3, 0.4) is 0 Å². The van der Waals surface area contributed by atoms with Crippen LogP contribution in [0.25, 0.3) is 0 Å². The van der Waals surface area contributed by atoms with Gasteiger partial charge in [-0.1, -0.05) is 49.3 Å². The molecule has 0 aliphatic heterocycles. The third-order valence-electron chi connectivity index (χ3n) is 3.94. The van der Waals surface area contributed by atoms with Crippen LogP contribution < -0.4 is 0 Å². The lowest BCUT2D eigenvalue weighted by Crippen LogP contribution is -2.37. The molecule has 0 unspecified atom stereocenters. The Kier molecular flexibility index (Phi) is 6.33. The third kappa shape index (κ3) is 5.69. The molecule has 25 heavy (non-hydrogen) atoms. The molecule has 0 saturated heterocycles. The Morgan fingerprint density at radius 3 is 2.52 bits per heavy atom. The molecule has 0 fully saturated rings. The molecule has 2 rings (SSSR count). The zero-order valence-corrected chi connectivity index (χ0v) is 15.4. The predicted molar refractivity (Wildman–Crippen MR) is 95.9 cm³/mol. The number of aromatic nitrogens is 1. The van der Waals surface area contributed by atoms with E-state index in [-0.39, 0.29) is 17.9 Å². The summed E-state index contributed by atoms with van der Waals surface area (Å²) in [4.78, 5) is 16.1. The smallest absolute Gasteiger partial charge is 0.275 e. The summed E-state index contributed by atoms with van der Waals surface area (Å²) in [5, 5.41) is 13.2. The van der Waals surface area contributed by atoms with E-state index in [9.17, 15) is 9.90 Å². The van der Waals surface area contributed by atoms with Crippen molar-refractivity contribution in [3.63, 3.8) is 0 Å². The van der Waals surface area contributed by atoms with Gasteiger partial charge in [0.2, 0.25) is 0 Å². The highest BCUT2D eigenvalue weighted by Gasteiger charge is 2.24. The first kappa shape index (κ1) is 19.1. The summed E-state index contributed by atoms with van der Waals surface area (Å²) in [7, 11) is 3.70. The highest BCUT2D eigenvalue weighted by atomic mass is 16.5. The average Bonchev–Trinajstić information content (AvgIpc) is 3.02. The van der Waals surface area contributed by atoms with Crippen molar-refractivity contribution in [3.05, 3.63) is 53.4 Å². The summed E-state index contributed by atoms with van der Waals surface area (Å²) >= 11 is 0. The van der Waals surface area contributed by atoms with Crippen molar-refractivity contribution in [1.29, 1.82) is 0 Å². The quantitative estimate of drug-likeness (QED) is 0.795. The molecule has 0 aliphatic carbocycles. The van der Waals surface area contributed by atoms with E-state index in [4.69, 9.17) is 4.52 Å². The van der Waals surface area contributed by atoms with Crippen LogP contribution in [0.4, 0.5) is 0 Å². The van der Waals surface area contributed by atoms with Crippen LogP contribution >= 0.6 is 0 Å². The van der Waals surface area contributed by atoms with Crippen molar-refractivity contribution in [2.75, 3.05) is 27.2 Å². The summed E-state index contributed by atoms with van der Waals surface area (Å²) < 4.78 is 5.31. The maximum atomic E-state index is 12.4. The second-order valence-corrected chi connectivity index (χ2v) is 7.32. The Morgan fingerprint density at radius 1 is 1.20 bits per heavy atom. The topological polar surface area (TPSA) is 69.8 Å². The molecule has 1 heterocycles. The summed E-state index contributed by atoms with van der Waals surface area (Å²) in [5.41, 5.74) is 1.15. The van der Waals surface area contributed by atoms with Crippen molar-refractivity contribution in [2.45, 2.75) is 26.9 Å². The molecule has 1 amide bonds. The lowest BCUT2D eigenvalue weighted by Gasteiger charge is -2.27. The van der Waals surface area contributed by atoms with E-state index in [1.54, 1.807) is 18.0 Å². The standard InChI is InChI=1S/C19H27N3O3/c1-19(2,14-23)13-22(4)18(24)17-10-16(25-20-17)12-21(3)11-15-8-6-5-7-9-15/h5-10,23H,11-14H2,1-4H3. The number of aliphatic hydroxyl groups is 1. The zero-order valence-electron chi connectivity index (χ0n) is 15.4. The first-order valence-corrected chi connectivity index (χ1v) is 8.35. The normalized spacial score (nSPS) is 11.8. The van der Waals surface area contributed by atoms with E-state index in [1.165, 1.54) is 5.56 Å². The van der Waals surface area contributed by atoms with Gasteiger partial charge in [0.15, 0.2) is 11.5 Å². The van der Waals surface area contributed by atoms with Gasteiger partial charge < -0.3 is 14.5 Å². The maximum absolute atomic E-state index is 12.4. The number of benzene rings is 1. The number of amides is 1. The lowest BCUT2D eigenvalue weighted by molar-refractivity contribution is 0.0654. The molecule has 0 bridgehead atoms. The van der Waals surface area contributed by atoms with Crippen LogP contribution in [-0.2, 0) is 13.1 Å². The Hall–Kier alpha value is -2.18. The lowest BCUT2D eigenvalue weighted by atomic mass is 9.94. The molecule has 2 aromatic rings. The number of aliphatic hydroxyl groups excluding tert-OH is 1. The van der Waals surface area contributed by atoms with Gasteiger partial charge in [0.25, 0.3) is 5.91 Å². The molecule has 0 aliphatic rings. The fraction of sp³-hybridized carbons (Fsp3) is 0.474. The summed E-state index contributed by atoms with van der Waals surface area (Å²) in [6.45, 7) is 5.63. The van der Waals surface area contributed by atoms with Crippen molar-refractivity contribution >= 4 is 5.91 Å². The van der Waals surface area contributed by atoms with E-state index in [0.29, 0.717) is 24.5 Å². The number of hydrogen-bond acceptors (Lipinski definition) is 5. The van der Waals surface area contributed by atoms with Gasteiger partial charge in [-0.05, 0) is 12.6 Å². The van der Waals surface area contributed by atoms with Crippen LogP contribution in [0.15, 0.2) is 40.9 Å². The van der Waals surface area contributed by atoms with Gasteiger partial charge in [-0.25, -0.2) is 0 Å². The average molecular weight is 345 g/mol. The summed E-state index contributed by atoms with van der Waals surface area (Å²) in [5.74, 6) is 0.443. The van der Waals surface area contributed by atoms with E-state index < -0.39 is 0 Å². The number of carbonyl (C=O) groups excluding carboxylic acids is 1. The van der Waals surface area contributed by atoms with E-state index in [2.05, 4.69) is 22.2 Å². The molecule has 136 valence electrons. The molecule has 1 aromatic heterocycles. The fourth-order valence-electron chi connectivity index (χ4n) is 2.66. The van der Waals surface area contributed by atoms with Crippen molar-refractivity contribution < 1.29 is 14.4 Å². The van der Waals surface area contributed by atoms with Gasteiger partial charge in [-0.2, -0.15) is 0 Å². The Bertz CT molecular complexity index is 682. The van der Waals surface area contributed by atoms with Gasteiger partial charge in [0, 0.05) is 38.2 Å². The van der Waals surface area contributed by atoms with Crippen LogP contribution in [0, 0.1) is 5.41 Å². The molecular weight excluding hydrogens is 318 g/mol. The Labute approximate surface area is 149 Å². The molecule has 0 atom stereocenters. The molecule has 6 nitrogen and oxygen atoms in total. The largest absolute Gasteiger partial charge is 0.396 e. The minimum Gasteiger partial charge on any atom is -0.396 e. The van der Waals surface area contributed by atoms with Gasteiger partial charge in [0.05, 0.1) is 6.54 Å². The SMILES string of the molecule is CN(Cc1ccccc1)Cc1cc(C(=O)N(C)CC(C)(C)CO)no1. The predicted octanol–water partition coefficient (Wildman–Crippen LogP) is 2.40. The second kappa shape index (κ2) is 8.27. The minimum atomic E-state index is -0.354. The molecule has 0 saturated carbocycles. The van der Waals surface area contributed by atoms with E-state index in [1.807, 2.05) is 39.1 Å². The summed E-state index contributed by atoms with van der Waals surface area (Å²) in [6, 6.07) is 11.8. The third-order valence-corrected chi connectivity index (χ3v) is 3.94. The maximum Gasteiger partial charge on any atom is 0.275 e. The van der Waals surface area contributed by atoms with Crippen molar-refractivity contribution in [3.8, 4) is 0 Å². The number of nitrogens with zero attached hydrogens (tertiary/aromatic N) is 3. The van der Waals surface area contributed by atoms with Crippen LogP contribution in [0.2, 0.25) is 0 Å². The molecule has 0 spiro atoms. The van der Waals surface area contributed by atoms with Crippen molar-refractivity contribution in [2.24, 2.45) is 5.41 Å². The Morgan fingerprint density at radius 2 is 1.88 bits per heavy atom. The van der Waals surface area contributed by atoms with Gasteiger partial charge in [0.1, 0.15) is 0 Å². The molecule has 1 aromatic carbocycles. The van der Waals surface area contributed by atoms with Crippen LogP contribution in [-0.4, -0.2) is 53.2 Å². The molecule has 1 N–H and O–H groups in total. The second-order valence-electron chi connectivity index (χ2n) is 7.32. The minimum absolute atomic E-state index is 0.0129. The van der Waals surface area contributed by atoms with E-state index in [0.717, 1.165) is 6.54 Å². The monoisotopic (exact) mass is 345 g/mol. The highest BCUT2D eigenvalue weighted by Crippen LogP contribution is 2.17. The van der Waals surface area contributed by atoms with Gasteiger partial charge in [-0.15, -0.1) is 0 Å². The first-order chi connectivity index (χ1) is 11.8. The fourth-order valence-corrected chi connectivity index (χ4v) is 2.66. The number of hydrogen-bond donors (Lipinski definition) is 1. The van der Waals surface area contributed by atoms with Crippen molar-refractivity contribution in [1.82, 2.24) is 15.0 Å². The number of carbonyl (C=O) groups is 1. The summed E-state index contributed by atoms with van der Waals surface area (Å²) in [6.07, 6.45) is 0. The van der Waals surface area contributed by atoms with Crippen LogP contribution in [0.5, 0.6) is 0 Å². The van der Waals surface area contributed by atoms with Gasteiger partial charge in [-0.3, -0.25) is 9.69 Å². The first-order valence-electron chi connectivity index (χ1n) is 8.35. The Balaban J connectivity index is 1.93. The highest BCUT2D eigenvalue weighted by molar-refractivity contribution is 5.92. The molecule has 0 radical (unpaired) electrons. The molecular formula is C19H27N3O3.